The van der Waals surface area contributed by atoms with Crippen molar-refractivity contribution in [1.29, 1.82) is 0 Å². The zero-order valence-corrected chi connectivity index (χ0v) is 19.2. The molecule has 0 aliphatic heterocycles. The van der Waals surface area contributed by atoms with Gasteiger partial charge in [0.2, 0.25) is 0 Å². The van der Waals surface area contributed by atoms with E-state index < -0.39 is 0 Å². The fourth-order valence-corrected chi connectivity index (χ4v) is 4.51. The van der Waals surface area contributed by atoms with Crippen LogP contribution in [0.1, 0.15) is 89.3 Å². The molecular formula is C29H31NO3. The first-order chi connectivity index (χ1) is 16.1. The minimum Gasteiger partial charge on any atom is -0.507 e. The molecule has 2 N–H and O–H groups in total. The van der Waals surface area contributed by atoms with Crippen LogP contribution in [0, 0.1) is 0 Å². The highest BCUT2D eigenvalue weighted by molar-refractivity contribution is 6.31. The number of unbranched alkanes of at least 4 members (excludes halogenated alkanes) is 6. The molecule has 0 atom stereocenters. The fourth-order valence-electron chi connectivity index (χ4n) is 4.51. The molecule has 1 aliphatic carbocycles. The number of nitrogens with one attached hydrogen (secondary N) is 1. The monoisotopic (exact) mass is 441 g/mol. The van der Waals surface area contributed by atoms with Crippen molar-refractivity contribution in [3.05, 3.63) is 88.5 Å². The van der Waals surface area contributed by atoms with Crippen LogP contribution < -0.4 is 5.32 Å². The van der Waals surface area contributed by atoms with Gasteiger partial charge in [0, 0.05) is 16.8 Å². The summed E-state index contributed by atoms with van der Waals surface area (Å²) >= 11 is 0. The smallest absolute Gasteiger partial charge is 0.198 e. The number of aromatic hydroxyl groups is 1. The van der Waals surface area contributed by atoms with Crippen LogP contribution in [0.3, 0.4) is 0 Å². The van der Waals surface area contributed by atoms with Crippen molar-refractivity contribution in [1.82, 2.24) is 0 Å². The third-order valence-corrected chi connectivity index (χ3v) is 6.36. The largest absolute Gasteiger partial charge is 0.507 e. The Morgan fingerprint density at radius 1 is 0.697 bits per heavy atom. The number of ketones is 2. The van der Waals surface area contributed by atoms with Crippen molar-refractivity contribution in [2.24, 2.45) is 0 Å². The Morgan fingerprint density at radius 3 is 1.97 bits per heavy atom. The van der Waals surface area contributed by atoms with E-state index in [1.54, 1.807) is 30.3 Å². The predicted octanol–water partition coefficient (Wildman–Crippen LogP) is 7.20. The maximum Gasteiger partial charge on any atom is 0.198 e. The Labute approximate surface area is 195 Å². The van der Waals surface area contributed by atoms with Crippen molar-refractivity contribution in [2.75, 3.05) is 5.32 Å². The van der Waals surface area contributed by atoms with E-state index in [4.69, 9.17) is 0 Å². The summed E-state index contributed by atoms with van der Waals surface area (Å²) in [6.07, 6.45) is 10.1. The lowest BCUT2D eigenvalue weighted by molar-refractivity contribution is 0.0977. The number of rotatable bonds is 10. The molecule has 0 aromatic heterocycles. The zero-order chi connectivity index (χ0) is 23.2. The molecule has 33 heavy (non-hydrogen) atoms. The van der Waals surface area contributed by atoms with Crippen molar-refractivity contribution in [2.45, 2.75) is 58.3 Å². The first kappa shape index (κ1) is 22.8. The van der Waals surface area contributed by atoms with Crippen LogP contribution in [-0.4, -0.2) is 16.7 Å². The van der Waals surface area contributed by atoms with Gasteiger partial charge in [-0.05, 0) is 42.7 Å². The highest BCUT2D eigenvalue weighted by atomic mass is 16.3. The first-order valence-electron chi connectivity index (χ1n) is 12.0. The van der Waals surface area contributed by atoms with Crippen LogP contribution in [0.4, 0.5) is 11.4 Å². The minimum absolute atomic E-state index is 0.0688. The van der Waals surface area contributed by atoms with Crippen LogP contribution in [-0.2, 0) is 6.42 Å². The molecule has 0 fully saturated rings. The van der Waals surface area contributed by atoms with Crippen LogP contribution in [0.25, 0.3) is 0 Å². The Morgan fingerprint density at radius 2 is 1.30 bits per heavy atom. The van der Waals surface area contributed by atoms with Gasteiger partial charge in [0.25, 0.3) is 0 Å². The second kappa shape index (κ2) is 10.5. The third kappa shape index (κ3) is 5.00. The van der Waals surface area contributed by atoms with Crippen LogP contribution in [0.5, 0.6) is 5.75 Å². The Bertz CT molecular complexity index is 1150. The van der Waals surface area contributed by atoms with Gasteiger partial charge < -0.3 is 10.4 Å². The molecule has 0 spiro atoms. The molecular weight excluding hydrogens is 410 g/mol. The number of carbonyl (C=O) groups is 2. The van der Waals surface area contributed by atoms with E-state index in [-0.39, 0.29) is 28.4 Å². The van der Waals surface area contributed by atoms with Crippen LogP contribution >= 0.6 is 0 Å². The fraction of sp³-hybridized carbons (Fsp3) is 0.310. The van der Waals surface area contributed by atoms with Crippen molar-refractivity contribution < 1.29 is 14.7 Å². The number of aryl methyl sites for hydroxylation is 1. The van der Waals surface area contributed by atoms with Gasteiger partial charge in [-0.1, -0.05) is 81.8 Å². The van der Waals surface area contributed by atoms with Gasteiger partial charge in [-0.3, -0.25) is 9.59 Å². The van der Waals surface area contributed by atoms with Crippen LogP contribution in [0.15, 0.2) is 60.7 Å². The van der Waals surface area contributed by atoms with E-state index in [0.717, 1.165) is 12.1 Å². The molecule has 4 rings (SSSR count). The number of phenols is 1. The molecule has 0 saturated heterocycles. The molecule has 170 valence electrons. The minimum atomic E-state index is -0.327. The number of benzene rings is 3. The standard InChI is InChI=1S/C29H31NO3/c1-2-3-4-5-6-7-8-11-20-14-16-21(17-15-20)30-24-18-19-25(31)27-26(24)28(32)22-12-9-10-13-23(22)29(27)33/h9-10,12-19,30-31H,2-8,11H2,1H3. The molecule has 0 amide bonds. The van der Waals surface area contributed by atoms with E-state index >= 15 is 0 Å². The number of anilines is 2. The van der Waals surface area contributed by atoms with Crippen molar-refractivity contribution in [3.8, 4) is 5.75 Å². The molecule has 4 heteroatoms. The summed E-state index contributed by atoms with van der Waals surface area (Å²) in [6, 6.07) is 18.1. The van der Waals surface area contributed by atoms with Gasteiger partial charge in [0.1, 0.15) is 5.75 Å². The van der Waals surface area contributed by atoms with Crippen LogP contribution in [0.2, 0.25) is 0 Å². The summed E-state index contributed by atoms with van der Waals surface area (Å²) in [6.45, 7) is 2.24. The molecule has 0 bridgehead atoms. The van der Waals surface area contributed by atoms with Gasteiger partial charge in [0.15, 0.2) is 11.6 Å². The summed E-state index contributed by atoms with van der Waals surface area (Å²) in [7, 11) is 0. The van der Waals surface area contributed by atoms with Crippen molar-refractivity contribution in [3.63, 3.8) is 0 Å². The number of carbonyl (C=O) groups excluding carboxylic acids is 2. The summed E-state index contributed by atoms with van der Waals surface area (Å²) < 4.78 is 0. The Balaban J connectivity index is 1.45. The van der Waals surface area contributed by atoms with E-state index in [1.165, 1.54) is 56.6 Å². The lowest BCUT2D eigenvalue weighted by atomic mass is 9.82. The first-order valence-corrected chi connectivity index (χ1v) is 12.0. The van der Waals surface area contributed by atoms with Gasteiger partial charge in [-0.15, -0.1) is 0 Å². The molecule has 3 aromatic carbocycles. The number of fused-ring (bicyclic) bond motifs is 2. The van der Waals surface area contributed by atoms with E-state index in [0.29, 0.717) is 16.8 Å². The summed E-state index contributed by atoms with van der Waals surface area (Å²) in [4.78, 5) is 26.2. The second-order valence-corrected chi connectivity index (χ2v) is 8.78. The summed E-state index contributed by atoms with van der Waals surface area (Å²) in [5.41, 5.74) is 3.65. The topological polar surface area (TPSA) is 66.4 Å². The van der Waals surface area contributed by atoms with E-state index in [9.17, 15) is 14.7 Å². The normalized spacial score (nSPS) is 12.4. The van der Waals surface area contributed by atoms with E-state index in [1.807, 2.05) is 12.1 Å². The van der Waals surface area contributed by atoms with E-state index in [2.05, 4.69) is 24.4 Å². The second-order valence-electron chi connectivity index (χ2n) is 8.78. The molecule has 0 heterocycles. The molecule has 0 unspecified atom stereocenters. The van der Waals surface area contributed by atoms with Gasteiger partial charge in [0.05, 0.1) is 16.8 Å². The molecule has 3 aromatic rings. The average Bonchev–Trinajstić information content (AvgIpc) is 2.84. The SMILES string of the molecule is CCCCCCCCCc1ccc(Nc2ccc(O)c3c2C(=O)c2ccccc2C3=O)cc1. The highest BCUT2D eigenvalue weighted by Gasteiger charge is 2.33. The number of hydrogen-bond donors (Lipinski definition) is 2. The quantitative estimate of drug-likeness (QED) is 0.202. The average molecular weight is 442 g/mol. The van der Waals surface area contributed by atoms with Gasteiger partial charge in [-0.2, -0.15) is 0 Å². The molecule has 0 saturated carbocycles. The molecule has 1 aliphatic rings. The highest BCUT2D eigenvalue weighted by Crippen LogP contribution is 2.38. The summed E-state index contributed by atoms with van der Waals surface area (Å²) in [5.74, 6) is -0.756. The maximum absolute atomic E-state index is 13.2. The van der Waals surface area contributed by atoms with Gasteiger partial charge in [-0.25, -0.2) is 0 Å². The number of hydrogen-bond acceptors (Lipinski definition) is 4. The summed E-state index contributed by atoms with van der Waals surface area (Å²) in [5, 5.41) is 13.6. The Hall–Kier alpha value is -3.40. The zero-order valence-electron chi connectivity index (χ0n) is 19.2. The maximum atomic E-state index is 13.2. The molecule has 4 nitrogen and oxygen atoms in total. The lowest BCUT2D eigenvalue weighted by Crippen LogP contribution is -2.22. The van der Waals surface area contributed by atoms with Gasteiger partial charge >= 0.3 is 0 Å². The molecule has 0 radical (unpaired) electrons. The predicted molar refractivity (Wildman–Crippen MR) is 133 cm³/mol. The number of phenolic OH excluding ortho intramolecular Hbond substituents is 1. The lowest BCUT2D eigenvalue weighted by Gasteiger charge is -2.21. The third-order valence-electron chi connectivity index (χ3n) is 6.36. The Kier molecular flexibility index (Phi) is 7.23. The van der Waals surface area contributed by atoms with Crippen molar-refractivity contribution >= 4 is 22.9 Å².